The molecule has 5 nitrogen and oxygen atoms in total. The van der Waals surface area contributed by atoms with Gasteiger partial charge in [0.05, 0.1) is 17.5 Å². The normalized spacial score (nSPS) is 19.1. The van der Waals surface area contributed by atoms with E-state index < -0.39 is 5.82 Å². The first-order valence-corrected chi connectivity index (χ1v) is 10.2. The van der Waals surface area contributed by atoms with E-state index >= 15 is 0 Å². The molecule has 1 unspecified atom stereocenters. The molecule has 6 heteroatoms. The second kappa shape index (κ2) is 7.52. The number of benzene rings is 2. The van der Waals surface area contributed by atoms with Gasteiger partial charge in [0.1, 0.15) is 5.82 Å². The Morgan fingerprint density at radius 2 is 2.00 bits per heavy atom. The molecular weight excluding hydrogens is 367 g/mol. The average Bonchev–Trinajstić information content (AvgIpc) is 3.43. The fraction of sp³-hybridized carbons (Fsp3) is 0.348. The highest BCUT2D eigenvalue weighted by Crippen LogP contribution is 2.24. The van der Waals surface area contributed by atoms with Crippen LogP contribution in [0.4, 0.5) is 4.39 Å². The van der Waals surface area contributed by atoms with Crippen molar-refractivity contribution in [2.45, 2.75) is 37.8 Å². The maximum absolute atomic E-state index is 14.5. The number of amides is 1. The first-order valence-electron chi connectivity index (χ1n) is 10.2. The third-order valence-corrected chi connectivity index (χ3v) is 5.80. The number of rotatable bonds is 5. The molecule has 1 aliphatic carbocycles. The van der Waals surface area contributed by atoms with Gasteiger partial charge in [-0.3, -0.25) is 4.79 Å². The smallest absolute Gasteiger partial charge is 0.256 e. The number of nitrogens with zero attached hydrogens (tertiary/aromatic N) is 3. The Hall–Kier alpha value is -2.86. The van der Waals surface area contributed by atoms with Crippen LogP contribution in [-0.2, 0) is 6.42 Å². The lowest BCUT2D eigenvalue weighted by atomic mass is 10.0. The highest BCUT2D eigenvalue weighted by atomic mass is 19.1. The van der Waals surface area contributed by atoms with E-state index in [1.54, 1.807) is 23.2 Å². The Morgan fingerprint density at radius 3 is 2.86 bits per heavy atom. The van der Waals surface area contributed by atoms with Crippen LogP contribution in [0.3, 0.4) is 0 Å². The predicted molar refractivity (Wildman–Crippen MR) is 109 cm³/mol. The number of carbonyl (C=O) groups excluding carboxylic acids is 1. The second-order valence-corrected chi connectivity index (χ2v) is 8.05. The van der Waals surface area contributed by atoms with E-state index in [2.05, 4.69) is 15.5 Å². The molecule has 29 heavy (non-hydrogen) atoms. The van der Waals surface area contributed by atoms with Crippen molar-refractivity contribution in [1.29, 1.82) is 0 Å². The molecule has 0 bridgehead atoms. The fourth-order valence-corrected chi connectivity index (χ4v) is 4.09. The molecule has 1 saturated heterocycles. The van der Waals surface area contributed by atoms with E-state index in [1.807, 2.05) is 24.3 Å². The van der Waals surface area contributed by atoms with Crippen molar-refractivity contribution >= 4 is 16.7 Å². The number of halogens is 1. The van der Waals surface area contributed by atoms with Gasteiger partial charge in [-0.25, -0.2) is 4.39 Å². The summed E-state index contributed by atoms with van der Waals surface area (Å²) in [5.74, 6) is -0.699. The summed E-state index contributed by atoms with van der Waals surface area (Å²) in [5, 5.41) is 13.9. The SMILES string of the molecule is O=C(c1cc(Cc2nncc3ccccc23)ccc1F)N1CCC(NC2CC2)C1. The Labute approximate surface area is 168 Å². The van der Waals surface area contributed by atoms with Gasteiger partial charge in [0.25, 0.3) is 5.91 Å². The maximum atomic E-state index is 14.5. The third-order valence-electron chi connectivity index (χ3n) is 5.80. The maximum Gasteiger partial charge on any atom is 0.256 e. The zero-order valence-electron chi connectivity index (χ0n) is 16.1. The van der Waals surface area contributed by atoms with Crippen molar-refractivity contribution in [2.75, 3.05) is 13.1 Å². The van der Waals surface area contributed by atoms with E-state index in [4.69, 9.17) is 0 Å². The van der Waals surface area contributed by atoms with Crippen LogP contribution in [-0.4, -0.2) is 46.2 Å². The minimum Gasteiger partial charge on any atom is -0.337 e. The predicted octanol–water partition coefficient (Wildman–Crippen LogP) is 3.33. The largest absolute Gasteiger partial charge is 0.337 e. The lowest BCUT2D eigenvalue weighted by Gasteiger charge is -2.18. The Bertz CT molecular complexity index is 1060. The first kappa shape index (κ1) is 18.2. The van der Waals surface area contributed by atoms with Crippen molar-refractivity contribution in [1.82, 2.24) is 20.4 Å². The highest BCUT2D eigenvalue weighted by molar-refractivity contribution is 5.95. The number of fused-ring (bicyclic) bond motifs is 1. The van der Waals surface area contributed by atoms with Gasteiger partial charge in [0.15, 0.2) is 0 Å². The molecule has 1 aromatic heterocycles. The number of aromatic nitrogens is 2. The van der Waals surface area contributed by atoms with Crippen LogP contribution in [0.1, 0.15) is 40.9 Å². The van der Waals surface area contributed by atoms with Crippen molar-refractivity contribution in [2.24, 2.45) is 0 Å². The highest BCUT2D eigenvalue weighted by Gasteiger charge is 2.32. The molecule has 1 N–H and O–H groups in total. The van der Waals surface area contributed by atoms with Crippen molar-refractivity contribution < 1.29 is 9.18 Å². The topological polar surface area (TPSA) is 58.1 Å². The van der Waals surface area contributed by atoms with Crippen molar-refractivity contribution in [3.05, 3.63) is 71.3 Å². The summed E-state index contributed by atoms with van der Waals surface area (Å²) in [6.45, 7) is 1.31. The summed E-state index contributed by atoms with van der Waals surface area (Å²) in [5.41, 5.74) is 1.82. The van der Waals surface area contributed by atoms with Gasteiger partial charge in [-0.2, -0.15) is 10.2 Å². The molecule has 3 aromatic rings. The lowest BCUT2D eigenvalue weighted by Crippen LogP contribution is -2.36. The average molecular weight is 390 g/mol. The molecule has 0 radical (unpaired) electrons. The van der Waals surface area contributed by atoms with E-state index in [0.29, 0.717) is 31.6 Å². The molecule has 1 atom stereocenters. The summed E-state index contributed by atoms with van der Waals surface area (Å²) in [6.07, 6.45) is 5.60. The molecule has 2 fully saturated rings. The number of likely N-dealkylation sites (tertiary alicyclic amines) is 1. The van der Waals surface area contributed by atoms with Gasteiger partial charge in [-0.05, 0) is 37.0 Å². The quantitative estimate of drug-likeness (QED) is 0.726. The van der Waals surface area contributed by atoms with E-state index in [1.165, 1.54) is 18.9 Å². The summed E-state index contributed by atoms with van der Waals surface area (Å²) in [4.78, 5) is 14.7. The number of nitrogens with one attached hydrogen (secondary N) is 1. The molecule has 5 rings (SSSR count). The monoisotopic (exact) mass is 390 g/mol. The van der Waals surface area contributed by atoms with Gasteiger partial charge in [0.2, 0.25) is 0 Å². The van der Waals surface area contributed by atoms with Crippen LogP contribution in [0.15, 0.2) is 48.7 Å². The minimum atomic E-state index is -0.471. The number of carbonyl (C=O) groups is 1. The van der Waals surface area contributed by atoms with Gasteiger partial charge >= 0.3 is 0 Å². The van der Waals surface area contributed by atoms with Crippen LogP contribution in [0.5, 0.6) is 0 Å². The molecule has 1 amide bonds. The second-order valence-electron chi connectivity index (χ2n) is 8.05. The van der Waals surface area contributed by atoms with Crippen LogP contribution in [0.25, 0.3) is 10.8 Å². The van der Waals surface area contributed by atoms with Crippen LogP contribution in [0.2, 0.25) is 0 Å². The summed E-state index contributed by atoms with van der Waals surface area (Å²) < 4.78 is 14.5. The molecular formula is C23H23FN4O. The summed E-state index contributed by atoms with van der Waals surface area (Å²) in [7, 11) is 0. The summed E-state index contributed by atoms with van der Waals surface area (Å²) in [6, 6.07) is 13.6. The Balaban J connectivity index is 1.36. The van der Waals surface area contributed by atoms with Gasteiger partial charge in [0, 0.05) is 42.4 Å². The molecule has 2 aromatic carbocycles. The zero-order chi connectivity index (χ0) is 19.8. The van der Waals surface area contributed by atoms with Crippen molar-refractivity contribution in [3.8, 4) is 0 Å². The molecule has 2 heterocycles. The van der Waals surface area contributed by atoms with Crippen LogP contribution >= 0.6 is 0 Å². The Morgan fingerprint density at radius 1 is 1.14 bits per heavy atom. The summed E-state index contributed by atoms with van der Waals surface area (Å²) >= 11 is 0. The fourth-order valence-electron chi connectivity index (χ4n) is 4.09. The third kappa shape index (κ3) is 3.85. The van der Waals surface area contributed by atoms with E-state index in [0.717, 1.165) is 28.5 Å². The standard InChI is InChI=1S/C23H23FN4O/c24-21-8-5-15(12-22-19-4-2-1-3-16(19)13-25-27-22)11-20(21)23(29)28-10-9-18(14-28)26-17-6-7-17/h1-5,8,11,13,17-18,26H,6-7,9-10,12,14H2. The minimum absolute atomic E-state index is 0.141. The van der Waals surface area contributed by atoms with Crippen LogP contribution in [0, 0.1) is 5.82 Å². The van der Waals surface area contributed by atoms with Gasteiger partial charge < -0.3 is 10.2 Å². The lowest BCUT2D eigenvalue weighted by molar-refractivity contribution is 0.0784. The molecule has 0 spiro atoms. The zero-order valence-corrected chi connectivity index (χ0v) is 16.1. The van der Waals surface area contributed by atoms with E-state index in [9.17, 15) is 9.18 Å². The first-order chi connectivity index (χ1) is 14.2. The molecule has 1 saturated carbocycles. The van der Waals surface area contributed by atoms with Gasteiger partial charge in [-0.15, -0.1) is 0 Å². The molecule has 148 valence electrons. The number of hydrogen-bond donors (Lipinski definition) is 1. The Kier molecular flexibility index (Phi) is 4.72. The van der Waals surface area contributed by atoms with E-state index in [-0.39, 0.29) is 11.5 Å². The van der Waals surface area contributed by atoms with Crippen LogP contribution < -0.4 is 5.32 Å². The van der Waals surface area contributed by atoms with Crippen molar-refractivity contribution in [3.63, 3.8) is 0 Å². The van der Waals surface area contributed by atoms with Gasteiger partial charge in [-0.1, -0.05) is 30.3 Å². The molecule has 1 aliphatic heterocycles. The molecule has 2 aliphatic rings. The number of hydrogen-bond acceptors (Lipinski definition) is 4.